The Bertz CT molecular complexity index is 526. The largest absolute Gasteiger partial charge is 0.465 e. The number of hydrogen-bond acceptors (Lipinski definition) is 5. The van der Waals surface area contributed by atoms with Gasteiger partial charge in [-0.3, -0.25) is 5.32 Å². The van der Waals surface area contributed by atoms with E-state index in [1.807, 2.05) is 0 Å². The summed E-state index contributed by atoms with van der Waals surface area (Å²) in [4.78, 5) is 15.1. The maximum absolute atomic E-state index is 13.6. The molecule has 0 unspecified atom stereocenters. The molecule has 0 amide bonds. The molecule has 1 aromatic carbocycles. The van der Waals surface area contributed by atoms with Gasteiger partial charge in [0.15, 0.2) is 11.4 Å². The van der Waals surface area contributed by atoms with Crippen molar-refractivity contribution in [3.63, 3.8) is 0 Å². The molecule has 0 atom stereocenters. The maximum Gasteiger partial charge on any atom is 0.337 e. The van der Waals surface area contributed by atoms with Crippen LogP contribution in [0.4, 0.5) is 10.1 Å². The van der Waals surface area contributed by atoms with Crippen LogP contribution in [0.2, 0.25) is 0 Å². The number of benzene rings is 1. The monoisotopic (exact) mass is 267 g/mol. The van der Waals surface area contributed by atoms with E-state index in [-0.39, 0.29) is 16.4 Å². The molecule has 1 N–H and O–H groups in total. The van der Waals surface area contributed by atoms with Crippen molar-refractivity contribution in [2.75, 3.05) is 13.4 Å². The zero-order chi connectivity index (χ0) is 13.5. The van der Waals surface area contributed by atoms with Crippen molar-refractivity contribution in [2.45, 2.75) is 0 Å². The molecule has 7 heteroatoms. The number of nitrogens with zero attached hydrogens (tertiary/aromatic N) is 2. The highest BCUT2D eigenvalue weighted by Gasteiger charge is 2.10. The van der Waals surface area contributed by atoms with Crippen LogP contribution in [0.5, 0.6) is 0 Å². The van der Waals surface area contributed by atoms with Gasteiger partial charge in [0.05, 0.1) is 12.7 Å². The van der Waals surface area contributed by atoms with Crippen LogP contribution in [0.1, 0.15) is 10.4 Å². The molecule has 0 aliphatic heterocycles. The predicted molar refractivity (Wildman–Crippen MR) is 67.1 cm³/mol. The van der Waals surface area contributed by atoms with E-state index < -0.39 is 11.8 Å². The molecule has 1 rings (SSSR count). The van der Waals surface area contributed by atoms with E-state index in [4.69, 9.17) is 5.26 Å². The normalized spacial score (nSPS) is 10.7. The highest BCUT2D eigenvalue weighted by molar-refractivity contribution is 8.13. The molecule has 5 nitrogen and oxygen atoms in total. The smallest absolute Gasteiger partial charge is 0.337 e. The summed E-state index contributed by atoms with van der Waals surface area (Å²) in [5.41, 5.74) is 0.141. The van der Waals surface area contributed by atoms with Crippen LogP contribution in [0.3, 0.4) is 0 Å². The second-order valence-electron chi connectivity index (χ2n) is 3.02. The van der Waals surface area contributed by atoms with Gasteiger partial charge in [-0.25, -0.2) is 14.2 Å². The van der Waals surface area contributed by atoms with Gasteiger partial charge in [0.2, 0.25) is 0 Å². The molecule has 18 heavy (non-hydrogen) atoms. The molecule has 0 aromatic heterocycles. The molecule has 1 aromatic rings. The third-order valence-corrected chi connectivity index (χ3v) is 2.53. The number of nitriles is 1. The Kier molecular flexibility index (Phi) is 5.14. The lowest BCUT2D eigenvalue weighted by Gasteiger charge is -2.03. The van der Waals surface area contributed by atoms with E-state index in [1.165, 1.54) is 31.0 Å². The minimum atomic E-state index is -0.663. The molecule has 0 aliphatic rings. The van der Waals surface area contributed by atoms with Crippen LogP contribution in [0, 0.1) is 17.3 Å². The highest BCUT2D eigenvalue weighted by Crippen LogP contribution is 2.20. The van der Waals surface area contributed by atoms with Crippen LogP contribution in [0.15, 0.2) is 23.2 Å². The number of amidine groups is 1. The third-order valence-electron chi connectivity index (χ3n) is 1.95. The number of rotatable bonds is 2. The quantitative estimate of drug-likeness (QED) is 0.292. The summed E-state index contributed by atoms with van der Waals surface area (Å²) in [5.74, 6) is -1.28. The molecule has 0 aliphatic carbocycles. The van der Waals surface area contributed by atoms with E-state index in [0.717, 1.165) is 6.07 Å². The Balaban J connectivity index is 3.06. The maximum atomic E-state index is 13.6. The molecule has 0 bridgehead atoms. The lowest BCUT2D eigenvalue weighted by Crippen LogP contribution is -2.12. The number of halogens is 1. The highest BCUT2D eigenvalue weighted by atomic mass is 32.2. The molecular weight excluding hydrogens is 257 g/mol. The van der Waals surface area contributed by atoms with Gasteiger partial charge < -0.3 is 4.74 Å². The minimum Gasteiger partial charge on any atom is -0.465 e. The standard InChI is InChI=1S/C11H10FN3O2S/c1-17-10(16)7-3-4-9(8(12)5-7)15-11(18-2)14-6-13/h3-5H,1-2H3,(H,14,15). The van der Waals surface area contributed by atoms with Crippen LogP contribution in [-0.2, 0) is 4.74 Å². The second-order valence-corrected chi connectivity index (χ2v) is 3.81. The van der Waals surface area contributed by atoms with Crippen molar-refractivity contribution in [1.29, 1.82) is 5.26 Å². The first kappa shape index (κ1) is 14.0. The summed E-state index contributed by atoms with van der Waals surface area (Å²) < 4.78 is 18.1. The number of carbonyl (C=O) groups excluding carboxylic acids is 1. The van der Waals surface area contributed by atoms with Crippen LogP contribution < -0.4 is 5.32 Å². The summed E-state index contributed by atoms with van der Waals surface area (Å²) in [6.45, 7) is 0. The summed E-state index contributed by atoms with van der Waals surface area (Å²) >= 11 is 1.17. The Morgan fingerprint density at radius 3 is 2.83 bits per heavy atom. The molecule has 0 spiro atoms. The van der Waals surface area contributed by atoms with Crippen LogP contribution in [-0.4, -0.2) is 24.5 Å². The minimum absolute atomic E-state index is 0.0368. The Morgan fingerprint density at radius 2 is 2.33 bits per heavy atom. The lowest BCUT2D eigenvalue weighted by atomic mass is 10.2. The first-order valence-corrected chi connectivity index (χ1v) is 6.00. The summed E-state index contributed by atoms with van der Waals surface area (Å²) in [6, 6.07) is 3.78. The Labute approximate surface area is 108 Å². The number of esters is 1. The number of carbonyl (C=O) groups is 1. The average Bonchev–Trinajstić information content (AvgIpc) is 2.39. The summed E-state index contributed by atoms with van der Waals surface area (Å²) in [7, 11) is 1.22. The summed E-state index contributed by atoms with van der Waals surface area (Å²) in [5, 5.41) is 11.0. The lowest BCUT2D eigenvalue weighted by molar-refractivity contribution is 0.0600. The fourth-order valence-electron chi connectivity index (χ4n) is 1.12. The van der Waals surface area contributed by atoms with Crippen molar-refractivity contribution in [1.82, 2.24) is 5.32 Å². The predicted octanol–water partition coefficient (Wildman–Crippen LogP) is 2.03. The molecule has 0 saturated carbocycles. The zero-order valence-corrected chi connectivity index (χ0v) is 10.5. The van der Waals surface area contributed by atoms with Crippen molar-refractivity contribution in [2.24, 2.45) is 4.99 Å². The van der Waals surface area contributed by atoms with E-state index in [2.05, 4.69) is 15.0 Å². The molecule has 94 valence electrons. The molecule has 0 heterocycles. The van der Waals surface area contributed by atoms with Crippen molar-refractivity contribution < 1.29 is 13.9 Å². The van der Waals surface area contributed by atoms with Gasteiger partial charge in [-0.15, -0.1) is 0 Å². The van der Waals surface area contributed by atoms with Gasteiger partial charge in [0, 0.05) is 0 Å². The number of methoxy groups -OCH3 is 1. The Hall–Kier alpha value is -2.07. The number of thioether (sulfide) groups is 1. The van der Waals surface area contributed by atoms with E-state index in [9.17, 15) is 9.18 Å². The molecule has 0 fully saturated rings. The average molecular weight is 267 g/mol. The second kappa shape index (κ2) is 6.61. The molecule has 0 radical (unpaired) electrons. The van der Waals surface area contributed by atoms with E-state index in [1.54, 1.807) is 12.4 Å². The van der Waals surface area contributed by atoms with E-state index >= 15 is 0 Å². The van der Waals surface area contributed by atoms with Crippen molar-refractivity contribution in [3.8, 4) is 6.19 Å². The van der Waals surface area contributed by atoms with Gasteiger partial charge in [0.1, 0.15) is 11.5 Å². The number of ether oxygens (including phenoxy) is 1. The third kappa shape index (κ3) is 3.46. The fourth-order valence-corrected chi connectivity index (χ4v) is 1.46. The number of aliphatic imine (C=N–C) groups is 1. The Morgan fingerprint density at radius 1 is 1.61 bits per heavy atom. The van der Waals surface area contributed by atoms with E-state index in [0.29, 0.717) is 0 Å². The SMILES string of the molecule is COC(=O)c1ccc(N=C(NC#N)SC)c(F)c1. The van der Waals surface area contributed by atoms with Crippen LogP contribution >= 0.6 is 11.8 Å². The first-order valence-electron chi connectivity index (χ1n) is 4.78. The van der Waals surface area contributed by atoms with Gasteiger partial charge >= 0.3 is 5.97 Å². The molecular formula is C11H10FN3O2S. The van der Waals surface area contributed by atoms with Gasteiger partial charge in [-0.1, -0.05) is 11.8 Å². The van der Waals surface area contributed by atoms with Gasteiger partial charge in [-0.2, -0.15) is 5.26 Å². The fraction of sp³-hybridized carbons (Fsp3) is 0.182. The number of hydrogen-bond donors (Lipinski definition) is 1. The number of nitrogens with one attached hydrogen (secondary N) is 1. The topological polar surface area (TPSA) is 74.5 Å². The van der Waals surface area contributed by atoms with Crippen molar-refractivity contribution in [3.05, 3.63) is 29.6 Å². The van der Waals surface area contributed by atoms with Gasteiger partial charge in [-0.05, 0) is 24.5 Å². The van der Waals surface area contributed by atoms with Crippen LogP contribution in [0.25, 0.3) is 0 Å². The molecule has 0 saturated heterocycles. The van der Waals surface area contributed by atoms with Gasteiger partial charge in [0.25, 0.3) is 0 Å². The van der Waals surface area contributed by atoms with Crippen molar-refractivity contribution >= 4 is 28.6 Å². The zero-order valence-electron chi connectivity index (χ0n) is 9.73. The summed E-state index contributed by atoms with van der Waals surface area (Å²) in [6.07, 6.45) is 3.40. The first-order chi connectivity index (χ1) is 8.62.